The molecule has 0 aliphatic carbocycles. The number of alkyl halides is 3. The van der Waals surface area contributed by atoms with Gasteiger partial charge in [0.05, 0.1) is 18.6 Å². The van der Waals surface area contributed by atoms with Gasteiger partial charge in [-0.25, -0.2) is 0 Å². The lowest BCUT2D eigenvalue weighted by atomic mass is 9.87. The van der Waals surface area contributed by atoms with E-state index in [0.29, 0.717) is 12.0 Å². The van der Waals surface area contributed by atoms with E-state index in [1.165, 1.54) is 24.8 Å². The van der Waals surface area contributed by atoms with Crippen molar-refractivity contribution in [1.29, 1.82) is 0 Å². The van der Waals surface area contributed by atoms with Crippen molar-refractivity contribution in [3.63, 3.8) is 0 Å². The third-order valence-corrected chi connectivity index (χ3v) is 6.50. The van der Waals surface area contributed by atoms with Crippen molar-refractivity contribution in [2.24, 2.45) is 5.92 Å². The maximum absolute atomic E-state index is 13.1. The SMILES string of the molecule is COC(=O)C(CC(C)C)c1cc(-c2ccc(C(F)(F)F)cc2)cc(N2CCCc3ccccc32)c1. The lowest BCUT2D eigenvalue weighted by Gasteiger charge is -2.32. The molecule has 0 amide bonds. The van der Waals surface area contributed by atoms with Crippen LogP contribution in [0.3, 0.4) is 0 Å². The van der Waals surface area contributed by atoms with Crippen molar-refractivity contribution < 1.29 is 22.7 Å². The van der Waals surface area contributed by atoms with Crippen molar-refractivity contribution in [2.75, 3.05) is 18.6 Å². The third-order valence-electron chi connectivity index (χ3n) is 6.50. The third kappa shape index (κ3) is 5.53. The number of carbonyl (C=O) groups excluding carboxylic acids is 1. The summed E-state index contributed by atoms with van der Waals surface area (Å²) in [7, 11) is 1.39. The number of benzene rings is 3. The first-order valence-electron chi connectivity index (χ1n) is 11.9. The number of halogens is 3. The van der Waals surface area contributed by atoms with Crippen LogP contribution < -0.4 is 4.90 Å². The van der Waals surface area contributed by atoms with Crippen LogP contribution in [0.25, 0.3) is 11.1 Å². The number of hydrogen-bond acceptors (Lipinski definition) is 3. The molecule has 0 fully saturated rings. The van der Waals surface area contributed by atoms with Crippen molar-refractivity contribution in [3.05, 3.63) is 83.4 Å². The minimum atomic E-state index is -4.39. The topological polar surface area (TPSA) is 29.5 Å². The fourth-order valence-corrected chi connectivity index (χ4v) is 4.79. The Morgan fingerprint density at radius 2 is 1.71 bits per heavy atom. The van der Waals surface area contributed by atoms with Crippen LogP contribution in [0.4, 0.5) is 24.5 Å². The zero-order chi connectivity index (χ0) is 25.2. The largest absolute Gasteiger partial charge is 0.469 e. The number of hydrogen-bond donors (Lipinski definition) is 0. The number of aryl methyl sites for hydroxylation is 1. The van der Waals surface area contributed by atoms with Gasteiger partial charge in [0.2, 0.25) is 0 Å². The molecule has 3 nitrogen and oxygen atoms in total. The highest BCUT2D eigenvalue weighted by molar-refractivity contribution is 5.82. The molecular formula is C29H30F3NO2. The van der Waals surface area contributed by atoms with Gasteiger partial charge in [0, 0.05) is 17.9 Å². The zero-order valence-electron chi connectivity index (χ0n) is 20.2. The molecule has 0 spiro atoms. The highest BCUT2D eigenvalue weighted by Gasteiger charge is 2.30. The van der Waals surface area contributed by atoms with Gasteiger partial charge in [-0.3, -0.25) is 4.79 Å². The molecule has 0 bridgehead atoms. The Morgan fingerprint density at radius 3 is 2.37 bits per heavy atom. The van der Waals surface area contributed by atoms with E-state index in [1.807, 2.05) is 30.3 Å². The van der Waals surface area contributed by atoms with Gasteiger partial charge in [0.1, 0.15) is 0 Å². The highest BCUT2D eigenvalue weighted by Crippen LogP contribution is 2.39. The molecular weight excluding hydrogens is 451 g/mol. The number of methoxy groups -OCH3 is 1. The second-order valence-electron chi connectivity index (χ2n) is 9.48. The molecule has 0 saturated heterocycles. The predicted molar refractivity (Wildman–Crippen MR) is 133 cm³/mol. The molecule has 184 valence electrons. The first kappa shape index (κ1) is 24.8. The summed E-state index contributed by atoms with van der Waals surface area (Å²) in [6.07, 6.45) is -1.80. The number of rotatable bonds is 6. The van der Waals surface area contributed by atoms with Crippen LogP contribution in [-0.4, -0.2) is 19.6 Å². The summed E-state index contributed by atoms with van der Waals surface area (Å²) in [4.78, 5) is 15.0. The molecule has 0 N–H and O–H groups in total. The van der Waals surface area contributed by atoms with E-state index in [9.17, 15) is 18.0 Å². The smallest absolute Gasteiger partial charge is 0.416 e. The van der Waals surface area contributed by atoms with Gasteiger partial charge in [0.15, 0.2) is 0 Å². The second kappa shape index (κ2) is 10.1. The molecule has 35 heavy (non-hydrogen) atoms. The van der Waals surface area contributed by atoms with E-state index >= 15 is 0 Å². The van der Waals surface area contributed by atoms with E-state index < -0.39 is 17.7 Å². The number of nitrogens with zero attached hydrogens (tertiary/aromatic N) is 1. The fourth-order valence-electron chi connectivity index (χ4n) is 4.79. The minimum absolute atomic E-state index is 0.257. The van der Waals surface area contributed by atoms with Gasteiger partial charge in [-0.15, -0.1) is 0 Å². The Kier molecular flexibility index (Phi) is 7.20. The van der Waals surface area contributed by atoms with Gasteiger partial charge < -0.3 is 9.64 Å². The van der Waals surface area contributed by atoms with Crippen LogP contribution in [-0.2, 0) is 22.1 Å². The average Bonchev–Trinajstić information content (AvgIpc) is 2.85. The zero-order valence-corrected chi connectivity index (χ0v) is 20.2. The Labute approximate surface area is 204 Å². The van der Waals surface area contributed by atoms with Gasteiger partial charge in [-0.1, -0.05) is 50.2 Å². The van der Waals surface area contributed by atoms with Crippen molar-refractivity contribution in [3.8, 4) is 11.1 Å². The molecule has 0 saturated carbocycles. The molecule has 1 atom stereocenters. The summed E-state index contributed by atoms with van der Waals surface area (Å²) in [5.41, 5.74) is 4.85. The van der Waals surface area contributed by atoms with Crippen LogP contribution in [0.1, 0.15) is 49.3 Å². The molecule has 0 aromatic heterocycles. The monoisotopic (exact) mass is 481 g/mol. The Balaban J connectivity index is 1.85. The highest BCUT2D eigenvalue weighted by atomic mass is 19.4. The van der Waals surface area contributed by atoms with Crippen molar-refractivity contribution >= 4 is 17.3 Å². The summed E-state index contributed by atoms with van der Waals surface area (Å²) in [6.45, 7) is 4.93. The van der Waals surface area contributed by atoms with Crippen LogP contribution in [0.15, 0.2) is 66.7 Å². The van der Waals surface area contributed by atoms with E-state index in [4.69, 9.17) is 4.74 Å². The van der Waals surface area contributed by atoms with E-state index in [0.717, 1.165) is 54.0 Å². The number of esters is 1. The quantitative estimate of drug-likeness (QED) is 0.337. The van der Waals surface area contributed by atoms with Crippen molar-refractivity contribution in [1.82, 2.24) is 0 Å². The Hall–Kier alpha value is -3.28. The summed E-state index contributed by atoms with van der Waals surface area (Å²) in [6, 6.07) is 19.4. The van der Waals surface area contributed by atoms with Gasteiger partial charge in [-0.05, 0) is 77.8 Å². The van der Waals surface area contributed by atoms with Crippen LogP contribution >= 0.6 is 0 Å². The normalized spacial score (nSPS) is 14.5. The number of fused-ring (bicyclic) bond motifs is 1. The van der Waals surface area contributed by atoms with Crippen LogP contribution in [0, 0.1) is 5.92 Å². The van der Waals surface area contributed by atoms with Gasteiger partial charge >= 0.3 is 12.1 Å². The second-order valence-corrected chi connectivity index (χ2v) is 9.48. The fraction of sp³-hybridized carbons (Fsp3) is 0.345. The van der Waals surface area contributed by atoms with Crippen LogP contribution in [0.2, 0.25) is 0 Å². The lowest BCUT2D eigenvalue weighted by molar-refractivity contribution is -0.143. The first-order valence-corrected chi connectivity index (χ1v) is 11.9. The molecule has 3 aromatic carbocycles. The lowest BCUT2D eigenvalue weighted by Crippen LogP contribution is -2.25. The van der Waals surface area contributed by atoms with Gasteiger partial charge in [-0.2, -0.15) is 13.2 Å². The van der Waals surface area contributed by atoms with Crippen LogP contribution in [0.5, 0.6) is 0 Å². The molecule has 6 heteroatoms. The Morgan fingerprint density at radius 1 is 1.00 bits per heavy atom. The predicted octanol–water partition coefficient (Wildman–Crippen LogP) is 7.76. The maximum atomic E-state index is 13.1. The standard InChI is InChI=1S/C29H30F3NO2/c1-19(2)15-26(28(34)35-3)23-16-22(20-10-12-24(13-11-20)29(30,31)32)17-25(18-23)33-14-6-8-21-7-4-5-9-27(21)33/h4-5,7,9-13,16-19,26H,6,8,14-15H2,1-3H3. The summed E-state index contributed by atoms with van der Waals surface area (Å²) >= 11 is 0. The minimum Gasteiger partial charge on any atom is -0.469 e. The molecule has 1 unspecified atom stereocenters. The number of carbonyl (C=O) groups is 1. The van der Waals surface area contributed by atoms with E-state index in [1.54, 1.807) is 0 Å². The molecule has 0 radical (unpaired) electrons. The van der Waals surface area contributed by atoms with E-state index in [2.05, 4.69) is 30.9 Å². The molecule has 4 rings (SSSR count). The molecule has 1 aliphatic heterocycles. The number of ether oxygens (including phenoxy) is 1. The average molecular weight is 482 g/mol. The maximum Gasteiger partial charge on any atom is 0.416 e. The molecule has 1 aliphatic rings. The Bertz CT molecular complexity index is 1190. The first-order chi connectivity index (χ1) is 16.7. The molecule has 1 heterocycles. The summed E-state index contributed by atoms with van der Waals surface area (Å²) < 4.78 is 44.5. The summed E-state index contributed by atoms with van der Waals surface area (Å²) in [5, 5.41) is 0. The van der Waals surface area contributed by atoms with Crippen molar-refractivity contribution in [2.45, 2.75) is 45.2 Å². The van der Waals surface area contributed by atoms with Gasteiger partial charge in [0.25, 0.3) is 0 Å². The molecule has 3 aromatic rings. The van der Waals surface area contributed by atoms with E-state index in [-0.39, 0.29) is 11.9 Å². The number of anilines is 2. The summed E-state index contributed by atoms with van der Waals surface area (Å²) in [5.74, 6) is -0.519. The number of para-hydroxylation sites is 1.